The van der Waals surface area contributed by atoms with Gasteiger partial charge in [-0.15, -0.1) is 0 Å². The normalized spacial score (nSPS) is 11.2. The molecular weight excluding hydrogens is 298 g/mol. The number of benzene rings is 2. The zero-order valence-electron chi connectivity index (χ0n) is 13.3. The molecule has 0 spiro atoms. The van der Waals surface area contributed by atoms with E-state index in [9.17, 15) is 4.79 Å². The molecule has 4 nitrogen and oxygen atoms in total. The molecule has 4 aromatic rings. The van der Waals surface area contributed by atoms with Crippen molar-refractivity contribution in [3.05, 3.63) is 72.6 Å². The van der Waals surface area contributed by atoms with Crippen LogP contribution in [0.3, 0.4) is 0 Å². The summed E-state index contributed by atoms with van der Waals surface area (Å²) in [6.45, 7) is 1.54. The van der Waals surface area contributed by atoms with Gasteiger partial charge < -0.3 is 14.9 Å². The van der Waals surface area contributed by atoms with E-state index < -0.39 is 0 Å². The summed E-state index contributed by atoms with van der Waals surface area (Å²) in [5, 5.41) is 5.29. The number of hydrogen-bond donors (Lipinski definition) is 2. The maximum absolute atomic E-state index is 12.2. The number of nitrogens with one attached hydrogen (secondary N) is 2. The first-order chi connectivity index (χ1) is 11.8. The van der Waals surface area contributed by atoms with Gasteiger partial charge in [0.15, 0.2) is 0 Å². The van der Waals surface area contributed by atoms with E-state index >= 15 is 0 Å². The molecule has 4 rings (SSSR count). The van der Waals surface area contributed by atoms with Crippen LogP contribution in [0.4, 0.5) is 0 Å². The number of aromatic amines is 1. The van der Waals surface area contributed by atoms with Crippen molar-refractivity contribution in [3.63, 3.8) is 0 Å². The van der Waals surface area contributed by atoms with Gasteiger partial charge in [-0.1, -0.05) is 36.4 Å². The Kier molecular flexibility index (Phi) is 3.79. The highest BCUT2D eigenvalue weighted by Gasteiger charge is 2.08. The Morgan fingerprint density at radius 1 is 1.00 bits per heavy atom. The van der Waals surface area contributed by atoms with Crippen LogP contribution in [0, 0.1) is 0 Å². The monoisotopic (exact) mass is 317 g/mol. The molecule has 0 atom stereocenters. The van der Waals surface area contributed by atoms with Crippen molar-refractivity contribution in [3.8, 4) is 0 Å². The van der Waals surface area contributed by atoms with Gasteiger partial charge in [0.25, 0.3) is 5.91 Å². The van der Waals surface area contributed by atoms with Crippen LogP contribution in [0.5, 0.6) is 0 Å². The SMILES string of the molecule is O=C(NCCCn1ccc2ccccc21)c1cc2ccccc2[nH]1. The van der Waals surface area contributed by atoms with Crippen molar-refractivity contribution in [2.45, 2.75) is 13.0 Å². The van der Waals surface area contributed by atoms with Crippen molar-refractivity contribution in [2.24, 2.45) is 0 Å². The number of nitrogens with zero attached hydrogens (tertiary/aromatic N) is 1. The number of carbonyl (C=O) groups is 1. The number of aromatic nitrogens is 2. The lowest BCUT2D eigenvalue weighted by molar-refractivity contribution is 0.0948. The van der Waals surface area contributed by atoms with Crippen LogP contribution < -0.4 is 5.32 Å². The number of fused-ring (bicyclic) bond motifs is 2. The standard InChI is InChI=1S/C20H19N3O/c24-20(18-14-16-7-1-3-8-17(16)22-18)21-11-5-12-23-13-10-15-6-2-4-9-19(15)23/h1-4,6-10,13-14,22H,5,11-12H2,(H,21,24). The van der Waals surface area contributed by atoms with Crippen LogP contribution in [0.15, 0.2) is 66.9 Å². The fourth-order valence-corrected chi connectivity index (χ4v) is 3.08. The predicted molar refractivity (Wildman–Crippen MR) is 97.2 cm³/mol. The minimum absolute atomic E-state index is 0.0523. The first kappa shape index (κ1) is 14.6. The minimum Gasteiger partial charge on any atom is -0.351 e. The molecule has 0 saturated carbocycles. The van der Waals surface area contributed by atoms with Crippen LogP contribution in [-0.4, -0.2) is 22.0 Å². The molecule has 1 amide bonds. The fraction of sp³-hybridized carbons (Fsp3) is 0.150. The lowest BCUT2D eigenvalue weighted by Gasteiger charge is -2.06. The maximum atomic E-state index is 12.2. The molecule has 2 N–H and O–H groups in total. The molecule has 0 aliphatic rings. The summed E-state index contributed by atoms with van der Waals surface area (Å²) in [5.74, 6) is -0.0523. The van der Waals surface area contributed by atoms with Gasteiger partial charge in [0.1, 0.15) is 5.69 Å². The third kappa shape index (κ3) is 2.78. The maximum Gasteiger partial charge on any atom is 0.267 e. The summed E-state index contributed by atoms with van der Waals surface area (Å²) in [6, 6.07) is 20.3. The fourth-order valence-electron chi connectivity index (χ4n) is 3.08. The van der Waals surface area contributed by atoms with Gasteiger partial charge in [-0.05, 0) is 36.1 Å². The van der Waals surface area contributed by atoms with Crippen LogP contribution in [0.2, 0.25) is 0 Å². The molecule has 0 aliphatic carbocycles. The molecule has 24 heavy (non-hydrogen) atoms. The summed E-state index contributed by atoms with van der Waals surface area (Å²) in [7, 11) is 0. The highest BCUT2D eigenvalue weighted by atomic mass is 16.1. The number of rotatable bonds is 5. The highest BCUT2D eigenvalue weighted by Crippen LogP contribution is 2.16. The molecular formula is C20H19N3O. The third-order valence-corrected chi connectivity index (χ3v) is 4.32. The van der Waals surface area contributed by atoms with Crippen LogP contribution in [-0.2, 0) is 6.54 Å². The highest BCUT2D eigenvalue weighted by molar-refractivity contribution is 5.97. The second-order valence-corrected chi connectivity index (χ2v) is 5.95. The van der Waals surface area contributed by atoms with E-state index in [0.717, 1.165) is 23.9 Å². The molecule has 0 radical (unpaired) electrons. The molecule has 2 aromatic carbocycles. The Labute approximate surface area is 140 Å². The second-order valence-electron chi connectivity index (χ2n) is 5.95. The van der Waals surface area contributed by atoms with Crippen molar-refractivity contribution in [1.29, 1.82) is 0 Å². The van der Waals surface area contributed by atoms with E-state index in [2.05, 4.69) is 45.3 Å². The minimum atomic E-state index is -0.0523. The Morgan fingerprint density at radius 2 is 1.79 bits per heavy atom. The summed E-state index contributed by atoms with van der Waals surface area (Å²) in [6.07, 6.45) is 2.99. The van der Waals surface area contributed by atoms with Gasteiger partial charge in [0.05, 0.1) is 0 Å². The van der Waals surface area contributed by atoms with Gasteiger partial charge in [0, 0.05) is 35.7 Å². The zero-order chi connectivity index (χ0) is 16.4. The second kappa shape index (κ2) is 6.24. The molecule has 2 aromatic heterocycles. The van der Waals surface area contributed by atoms with E-state index in [0.29, 0.717) is 12.2 Å². The summed E-state index contributed by atoms with van der Waals surface area (Å²) < 4.78 is 2.23. The van der Waals surface area contributed by atoms with Crippen molar-refractivity contribution in [1.82, 2.24) is 14.9 Å². The Balaban J connectivity index is 1.34. The number of H-pyrrole nitrogens is 1. The Hall–Kier alpha value is -3.01. The third-order valence-electron chi connectivity index (χ3n) is 4.32. The molecule has 0 unspecified atom stereocenters. The molecule has 0 bridgehead atoms. The molecule has 2 heterocycles. The van der Waals surface area contributed by atoms with Gasteiger partial charge in [-0.2, -0.15) is 0 Å². The zero-order valence-corrected chi connectivity index (χ0v) is 13.3. The molecule has 0 saturated heterocycles. The van der Waals surface area contributed by atoms with Gasteiger partial charge >= 0.3 is 0 Å². The van der Waals surface area contributed by atoms with Crippen molar-refractivity contribution < 1.29 is 4.79 Å². The van der Waals surface area contributed by atoms with Crippen molar-refractivity contribution >= 4 is 27.7 Å². The summed E-state index contributed by atoms with van der Waals surface area (Å²) in [4.78, 5) is 15.4. The molecule has 120 valence electrons. The first-order valence-corrected chi connectivity index (χ1v) is 8.21. The topological polar surface area (TPSA) is 49.8 Å². The number of carbonyl (C=O) groups excluding carboxylic acids is 1. The largest absolute Gasteiger partial charge is 0.351 e. The van der Waals surface area contributed by atoms with Crippen LogP contribution in [0.1, 0.15) is 16.9 Å². The van der Waals surface area contributed by atoms with E-state index in [1.165, 1.54) is 10.9 Å². The Morgan fingerprint density at radius 3 is 2.67 bits per heavy atom. The van der Waals surface area contributed by atoms with Crippen LogP contribution in [0.25, 0.3) is 21.8 Å². The quantitative estimate of drug-likeness (QED) is 0.538. The summed E-state index contributed by atoms with van der Waals surface area (Å²) in [5.41, 5.74) is 2.84. The van der Waals surface area contributed by atoms with Gasteiger partial charge in [-0.25, -0.2) is 0 Å². The van der Waals surface area contributed by atoms with Crippen molar-refractivity contribution in [2.75, 3.05) is 6.54 Å². The number of hydrogen-bond acceptors (Lipinski definition) is 1. The molecule has 0 fully saturated rings. The molecule has 4 heteroatoms. The lowest BCUT2D eigenvalue weighted by Crippen LogP contribution is -2.25. The average Bonchev–Trinajstić information content (AvgIpc) is 3.23. The smallest absolute Gasteiger partial charge is 0.267 e. The van der Waals surface area contributed by atoms with Gasteiger partial charge in [-0.3, -0.25) is 4.79 Å². The lowest BCUT2D eigenvalue weighted by atomic mass is 10.2. The van der Waals surface area contributed by atoms with Crippen LogP contribution >= 0.6 is 0 Å². The summed E-state index contributed by atoms with van der Waals surface area (Å²) >= 11 is 0. The van der Waals surface area contributed by atoms with E-state index in [1.807, 2.05) is 36.4 Å². The van der Waals surface area contributed by atoms with E-state index in [4.69, 9.17) is 0 Å². The Bertz CT molecular complexity index is 963. The first-order valence-electron chi connectivity index (χ1n) is 8.21. The predicted octanol–water partition coefficient (Wildman–Crippen LogP) is 3.94. The number of aryl methyl sites for hydroxylation is 1. The van der Waals surface area contributed by atoms with E-state index in [-0.39, 0.29) is 5.91 Å². The number of amides is 1. The molecule has 0 aliphatic heterocycles. The average molecular weight is 317 g/mol. The van der Waals surface area contributed by atoms with E-state index in [1.54, 1.807) is 0 Å². The van der Waals surface area contributed by atoms with Gasteiger partial charge in [0.2, 0.25) is 0 Å². The number of para-hydroxylation sites is 2.